The van der Waals surface area contributed by atoms with Crippen LogP contribution in [0, 0.1) is 11.3 Å². The summed E-state index contributed by atoms with van der Waals surface area (Å²) in [5.41, 5.74) is -0.866. The van der Waals surface area contributed by atoms with Gasteiger partial charge in [0.25, 0.3) is 0 Å². The molecule has 1 unspecified atom stereocenters. The van der Waals surface area contributed by atoms with E-state index in [1.165, 1.54) is 13.8 Å². The van der Waals surface area contributed by atoms with E-state index in [-0.39, 0.29) is 0 Å². The summed E-state index contributed by atoms with van der Waals surface area (Å²) < 4.78 is 12.6. The van der Waals surface area contributed by atoms with Crippen LogP contribution in [0.2, 0.25) is 0 Å². The second kappa shape index (κ2) is 3.29. The lowest BCUT2D eigenvalue weighted by Crippen LogP contribution is -2.27. The zero-order valence-electron chi connectivity index (χ0n) is 5.89. The third-order valence-corrected chi connectivity index (χ3v) is 1.09. The number of carboxylic acids is 1. The van der Waals surface area contributed by atoms with Crippen LogP contribution in [0.3, 0.4) is 0 Å². The molecule has 0 aromatic heterocycles. The summed E-state index contributed by atoms with van der Waals surface area (Å²) in [6, 6.07) is 0. The maximum absolute atomic E-state index is 12.6. The molecule has 0 radical (unpaired) electrons. The molecular weight excluding hydrogens is 137 g/mol. The molecule has 0 aliphatic rings. The number of rotatable bonds is 3. The highest BCUT2D eigenvalue weighted by Crippen LogP contribution is 2.06. The van der Waals surface area contributed by atoms with E-state index in [1.54, 1.807) is 0 Å². The van der Waals surface area contributed by atoms with E-state index in [0.717, 1.165) is 0 Å². The van der Waals surface area contributed by atoms with Crippen LogP contribution in [0.1, 0.15) is 13.8 Å². The van der Waals surface area contributed by atoms with E-state index in [4.69, 9.17) is 10.5 Å². The summed E-state index contributed by atoms with van der Waals surface area (Å²) in [6.45, 7) is 3.06. The van der Waals surface area contributed by atoms with Gasteiger partial charge in [-0.1, -0.05) is 13.8 Å². The highest BCUT2D eigenvalue weighted by molar-refractivity contribution is 6.36. The molecule has 0 bridgehead atoms. The number of carboxylic acid groups (broad SMARTS) is 1. The van der Waals surface area contributed by atoms with Crippen LogP contribution in [0.4, 0.5) is 4.39 Å². The SMILES string of the molecule is CC(C)C(F)C(=N)C(=O)O. The number of carbonyl (C=O) groups is 1. The lowest BCUT2D eigenvalue weighted by atomic mass is 10.0. The maximum Gasteiger partial charge on any atom is 0.352 e. The molecule has 58 valence electrons. The van der Waals surface area contributed by atoms with Crippen molar-refractivity contribution >= 4 is 11.7 Å². The van der Waals surface area contributed by atoms with E-state index in [0.29, 0.717) is 0 Å². The van der Waals surface area contributed by atoms with Crippen LogP contribution in [0.15, 0.2) is 0 Å². The average Bonchev–Trinajstić information content (AvgIpc) is 1.84. The van der Waals surface area contributed by atoms with Crippen molar-refractivity contribution in [3.05, 3.63) is 0 Å². The summed E-state index contributed by atoms with van der Waals surface area (Å²) in [7, 11) is 0. The number of hydrogen-bond donors (Lipinski definition) is 2. The van der Waals surface area contributed by atoms with Crippen molar-refractivity contribution in [2.45, 2.75) is 20.0 Å². The number of hydrogen-bond acceptors (Lipinski definition) is 2. The van der Waals surface area contributed by atoms with Crippen LogP contribution in [-0.4, -0.2) is 23.0 Å². The zero-order valence-corrected chi connectivity index (χ0v) is 5.89. The fourth-order valence-electron chi connectivity index (χ4n) is 0.451. The topological polar surface area (TPSA) is 61.2 Å². The van der Waals surface area contributed by atoms with Gasteiger partial charge < -0.3 is 5.11 Å². The smallest absolute Gasteiger partial charge is 0.352 e. The molecule has 10 heavy (non-hydrogen) atoms. The monoisotopic (exact) mass is 147 g/mol. The Labute approximate surface area is 58.4 Å². The van der Waals surface area contributed by atoms with E-state index < -0.39 is 23.8 Å². The molecular formula is C6H10FNO2. The van der Waals surface area contributed by atoms with Gasteiger partial charge in [-0.25, -0.2) is 9.18 Å². The van der Waals surface area contributed by atoms with Gasteiger partial charge in [0.05, 0.1) is 0 Å². The molecule has 0 fully saturated rings. The number of aliphatic carboxylic acids is 1. The maximum atomic E-state index is 12.6. The second-order valence-corrected chi connectivity index (χ2v) is 2.36. The zero-order chi connectivity index (χ0) is 8.31. The molecule has 2 N–H and O–H groups in total. The lowest BCUT2D eigenvalue weighted by molar-refractivity contribution is -0.129. The summed E-state index contributed by atoms with van der Waals surface area (Å²) in [5.74, 6) is -1.93. The first kappa shape index (κ1) is 9.07. The van der Waals surface area contributed by atoms with Gasteiger partial charge in [0, 0.05) is 0 Å². The van der Waals surface area contributed by atoms with E-state index in [1.807, 2.05) is 0 Å². The molecule has 0 saturated heterocycles. The van der Waals surface area contributed by atoms with Crippen molar-refractivity contribution in [1.82, 2.24) is 0 Å². The first-order chi connectivity index (χ1) is 4.46. The van der Waals surface area contributed by atoms with Gasteiger partial charge in [-0.15, -0.1) is 0 Å². The predicted octanol–water partition coefficient (Wildman–Crippen LogP) is 1.08. The molecule has 0 aromatic carbocycles. The van der Waals surface area contributed by atoms with E-state index in [9.17, 15) is 9.18 Å². The molecule has 0 aromatic rings. The summed E-state index contributed by atoms with van der Waals surface area (Å²) >= 11 is 0. The summed E-state index contributed by atoms with van der Waals surface area (Å²) in [4.78, 5) is 9.98. The standard InChI is InChI=1S/C6H10FNO2/c1-3(2)4(7)5(8)6(9)10/h3-4,8H,1-2H3,(H,9,10). The molecule has 0 heterocycles. The number of alkyl halides is 1. The minimum Gasteiger partial charge on any atom is -0.477 e. The molecule has 0 spiro atoms. The second-order valence-electron chi connectivity index (χ2n) is 2.36. The molecule has 4 heteroatoms. The van der Waals surface area contributed by atoms with Gasteiger partial charge in [-0.2, -0.15) is 0 Å². The Balaban J connectivity index is 4.08. The van der Waals surface area contributed by atoms with Gasteiger partial charge in [0.2, 0.25) is 0 Å². The minimum atomic E-state index is -1.66. The Morgan fingerprint density at radius 3 is 2.10 bits per heavy atom. The molecule has 0 saturated carbocycles. The quantitative estimate of drug-likeness (QED) is 0.587. The van der Waals surface area contributed by atoms with Gasteiger partial charge in [-0.3, -0.25) is 5.41 Å². The lowest BCUT2D eigenvalue weighted by Gasteiger charge is -2.08. The summed E-state index contributed by atoms with van der Waals surface area (Å²) in [6.07, 6.45) is -1.66. The molecule has 0 amide bonds. The van der Waals surface area contributed by atoms with Gasteiger partial charge in [0.15, 0.2) is 11.9 Å². The Morgan fingerprint density at radius 2 is 2.00 bits per heavy atom. The molecule has 0 aliphatic heterocycles. The van der Waals surface area contributed by atoms with Gasteiger partial charge in [0.1, 0.15) is 0 Å². The Morgan fingerprint density at radius 1 is 1.60 bits per heavy atom. The van der Waals surface area contributed by atoms with Crippen LogP contribution < -0.4 is 0 Å². The van der Waals surface area contributed by atoms with Crippen LogP contribution in [-0.2, 0) is 4.79 Å². The Kier molecular flexibility index (Phi) is 2.99. The normalized spacial score (nSPS) is 13.2. The first-order valence-electron chi connectivity index (χ1n) is 2.92. The highest BCUT2D eigenvalue weighted by Gasteiger charge is 2.22. The van der Waals surface area contributed by atoms with Crippen molar-refractivity contribution in [2.24, 2.45) is 5.92 Å². The van der Waals surface area contributed by atoms with Crippen LogP contribution in [0.25, 0.3) is 0 Å². The molecule has 3 nitrogen and oxygen atoms in total. The fraction of sp³-hybridized carbons (Fsp3) is 0.667. The molecule has 1 atom stereocenters. The molecule has 0 aliphatic carbocycles. The summed E-state index contributed by atoms with van der Waals surface area (Å²) in [5, 5.41) is 14.8. The van der Waals surface area contributed by atoms with Gasteiger partial charge >= 0.3 is 5.97 Å². The Hall–Kier alpha value is -0.930. The Bertz CT molecular complexity index is 156. The predicted molar refractivity (Wildman–Crippen MR) is 35.1 cm³/mol. The van der Waals surface area contributed by atoms with Gasteiger partial charge in [-0.05, 0) is 5.92 Å². The number of halogens is 1. The minimum absolute atomic E-state index is 0.441. The van der Waals surface area contributed by atoms with Crippen molar-refractivity contribution in [3.63, 3.8) is 0 Å². The molecule has 0 rings (SSSR count). The fourth-order valence-corrected chi connectivity index (χ4v) is 0.451. The third-order valence-electron chi connectivity index (χ3n) is 1.09. The number of nitrogens with one attached hydrogen (secondary N) is 1. The van der Waals surface area contributed by atoms with Crippen molar-refractivity contribution < 1.29 is 14.3 Å². The van der Waals surface area contributed by atoms with Crippen molar-refractivity contribution in [1.29, 1.82) is 5.41 Å². The first-order valence-corrected chi connectivity index (χ1v) is 2.92. The van der Waals surface area contributed by atoms with Crippen molar-refractivity contribution in [3.8, 4) is 0 Å². The largest absolute Gasteiger partial charge is 0.477 e. The highest BCUT2D eigenvalue weighted by atomic mass is 19.1. The third kappa shape index (κ3) is 2.13. The van der Waals surface area contributed by atoms with E-state index in [2.05, 4.69) is 0 Å². The van der Waals surface area contributed by atoms with E-state index >= 15 is 0 Å². The average molecular weight is 147 g/mol. The van der Waals surface area contributed by atoms with Crippen LogP contribution in [0.5, 0.6) is 0 Å². The van der Waals surface area contributed by atoms with Crippen molar-refractivity contribution in [2.75, 3.05) is 0 Å². The van der Waals surface area contributed by atoms with Crippen LogP contribution >= 0.6 is 0 Å².